The molecule has 0 unspecified atom stereocenters. The highest BCUT2D eigenvalue weighted by Gasteiger charge is 2.22. The minimum Gasteiger partial charge on any atom is -0.478 e. The summed E-state index contributed by atoms with van der Waals surface area (Å²) in [4.78, 5) is 11.4. The van der Waals surface area contributed by atoms with E-state index in [1.807, 2.05) is 44.2 Å². The molecule has 4 nitrogen and oxygen atoms in total. The Hall–Kier alpha value is -2.10. The van der Waals surface area contributed by atoms with E-state index in [9.17, 15) is 9.90 Å². The molecule has 1 heterocycles. The van der Waals surface area contributed by atoms with Gasteiger partial charge in [0.1, 0.15) is 5.56 Å². The summed E-state index contributed by atoms with van der Waals surface area (Å²) in [6.07, 6.45) is 0. The third-order valence-electron chi connectivity index (χ3n) is 3.10. The second-order valence-electron chi connectivity index (χ2n) is 4.95. The van der Waals surface area contributed by atoms with Gasteiger partial charge in [0.25, 0.3) is 0 Å². The number of aromatic carboxylic acids is 1. The van der Waals surface area contributed by atoms with E-state index in [1.54, 1.807) is 11.6 Å². The number of carboxylic acid groups (broad SMARTS) is 1. The maximum atomic E-state index is 11.4. The van der Waals surface area contributed by atoms with E-state index in [4.69, 9.17) is 0 Å². The molecule has 1 aromatic carbocycles. The summed E-state index contributed by atoms with van der Waals surface area (Å²) in [5.41, 5.74) is 2.82. The van der Waals surface area contributed by atoms with Gasteiger partial charge in [0.15, 0.2) is 0 Å². The summed E-state index contributed by atoms with van der Waals surface area (Å²) < 4.78 is 1.80. The maximum Gasteiger partial charge on any atom is 0.339 e. The second-order valence-corrected chi connectivity index (χ2v) is 4.95. The van der Waals surface area contributed by atoms with Gasteiger partial charge < -0.3 is 5.11 Å². The molecule has 0 aliphatic carbocycles. The number of rotatable bonds is 4. The minimum atomic E-state index is -0.902. The van der Waals surface area contributed by atoms with Crippen molar-refractivity contribution in [1.82, 2.24) is 9.78 Å². The van der Waals surface area contributed by atoms with Gasteiger partial charge in [0, 0.05) is 0 Å². The molecule has 0 amide bonds. The van der Waals surface area contributed by atoms with Crippen LogP contribution < -0.4 is 0 Å². The molecule has 2 aromatic rings. The van der Waals surface area contributed by atoms with E-state index >= 15 is 0 Å². The van der Waals surface area contributed by atoms with Crippen LogP contribution in [0.4, 0.5) is 0 Å². The van der Waals surface area contributed by atoms with Crippen LogP contribution in [-0.4, -0.2) is 20.9 Å². The lowest BCUT2D eigenvalue weighted by Crippen LogP contribution is -2.10. The van der Waals surface area contributed by atoms with Crippen LogP contribution in [0, 0.1) is 6.92 Å². The zero-order chi connectivity index (χ0) is 14.0. The van der Waals surface area contributed by atoms with Gasteiger partial charge in [0.05, 0.1) is 17.9 Å². The van der Waals surface area contributed by atoms with Crippen molar-refractivity contribution in [2.24, 2.45) is 0 Å². The summed E-state index contributed by atoms with van der Waals surface area (Å²) in [5.74, 6) is -0.781. The maximum absolute atomic E-state index is 11.4. The SMILES string of the molecule is Cc1nn(Cc2ccccc2)c(C(C)C)c1C(=O)O. The highest BCUT2D eigenvalue weighted by atomic mass is 16.4. The molecule has 2 rings (SSSR count). The van der Waals surface area contributed by atoms with Crippen LogP contribution in [0.3, 0.4) is 0 Å². The molecule has 0 fully saturated rings. The van der Waals surface area contributed by atoms with Gasteiger partial charge in [-0.15, -0.1) is 0 Å². The van der Waals surface area contributed by atoms with Crippen LogP contribution in [-0.2, 0) is 6.54 Å². The van der Waals surface area contributed by atoms with Crippen LogP contribution in [0.25, 0.3) is 0 Å². The molecule has 0 bridgehead atoms. The number of carbonyl (C=O) groups is 1. The fourth-order valence-corrected chi connectivity index (χ4v) is 2.33. The molecular formula is C15H18N2O2. The van der Waals surface area contributed by atoms with Gasteiger partial charge in [-0.3, -0.25) is 4.68 Å². The van der Waals surface area contributed by atoms with Crippen LogP contribution in [0.2, 0.25) is 0 Å². The van der Waals surface area contributed by atoms with Gasteiger partial charge >= 0.3 is 5.97 Å². The van der Waals surface area contributed by atoms with Crippen LogP contribution in [0.15, 0.2) is 30.3 Å². The Labute approximate surface area is 112 Å². The van der Waals surface area contributed by atoms with E-state index in [2.05, 4.69) is 5.10 Å². The Morgan fingerprint density at radius 2 is 1.95 bits per heavy atom. The summed E-state index contributed by atoms with van der Waals surface area (Å²) in [6, 6.07) is 9.94. The zero-order valence-corrected chi connectivity index (χ0v) is 11.4. The summed E-state index contributed by atoms with van der Waals surface area (Å²) in [7, 11) is 0. The van der Waals surface area contributed by atoms with Crippen molar-refractivity contribution >= 4 is 5.97 Å². The number of carboxylic acids is 1. The summed E-state index contributed by atoms with van der Waals surface area (Å²) in [5, 5.41) is 13.7. The van der Waals surface area contributed by atoms with Crippen LogP contribution >= 0.6 is 0 Å². The second kappa shape index (κ2) is 5.26. The molecule has 1 N–H and O–H groups in total. The Kier molecular flexibility index (Phi) is 3.69. The van der Waals surface area contributed by atoms with Crippen molar-refractivity contribution in [3.63, 3.8) is 0 Å². The minimum absolute atomic E-state index is 0.121. The van der Waals surface area contributed by atoms with E-state index in [0.29, 0.717) is 17.8 Å². The molecule has 0 saturated carbocycles. The normalized spacial score (nSPS) is 10.9. The number of benzene rings is 1. The van der Waals surface area contributed by atoms with E-state index in [1.165, 1.54) is 0 Å². The molecule has 0 aliphatic rings. The molecule has 0 aliphatic heterocycles. The molecular weight excluding hydrogens is 240 g/mol. The molecule has 0 spiro atoms. The molecule has 0 atom stereocenters. The number of aryl methyl sites for hydroxylation is 1. The average Bonchev–Trinajstić information content (AvgIpc) is 2.67. The van der Waals surface area contributed by atoms with E-state index in [-0.39, 0.29) is 5.92 Å². The molecule has 0 radical (unpaired) electrons. The largest absolute Gasteiger partial charge is 0.478 e. The first kappa shape index (κ1) is 13.3. The summed E-state index contributed by atoms with van der Waals surface area (Å²) in [6.45, 7) is 6.33. The smallest absolute Gasteiger partial charge is 0.339 e. The van der Waals surface area contributed by atoms with Crippen molar-refractivity contribution < 1.29 is 9.90 Å². The van der Waals surface area contributed by atoms with Gasteiger partial charge in [-0.05, 0) is 18.4 Å². The quantitative estimate of drug-likeness (QED) is 0.917. The number of nitrogens with zero attached hydrogens (tertiary/aromatic N) is 2. The predicted molar refractivity (Wildman–Crippen MR) is 73.6 cm³/mol. The zero-order valence-electron chi connectivity index (χ0n) is 11.4. The van der Waals surface area contributed by atoms with E-state index < -0.39 is 5.97 Å². The predicted octanol–water partition coefficient (Wildman–Crippen LogP) is 3.06. The first-order valence-corrected chi connectivity index (χ1v) is 6.35. The molecule has 1 aromatic heterocycles. The van der Waals surface area contributed by atoms with Crippen molar-refractivity contribution in [1.29, 1.82) is 0 Å². The molecule has 0 saturated heterocycles. The van der Waals surface area contributed by atoms with Crippen LogP contribution in [0.5, 0.6) is 0 Å². The third-order valence-corrected chi connectivity index (χ3v) is 3.10. The molecule has 19 heavy (non-hydrogen) atoms. The summed E-state index contributed by atoms with van der Waals surface area (Å²) >= 11 is 0. The number of hydrogen-bond donors (Lipinski definition) is 1. The van der Waals surface area contributed by atoms with Crippen molar-refractivity contribution in [3.8, 4) is 0 Å². The molecule has 100 valence electrons. The average molecular weight is 258 g/mol. The topological polar surface area (TPSA) is 55.1 Å². The lowest BCUT2D eigenvalue weighted by molar-refractivity contribution is 0.0694. The highest BCUT2D eigenvalue weighted by Crippen LogP contribution is 2.23. The fraction of sp³-hybridized carbons (Fsp3) is 0.333. The monoisotopic (exact) mass is 258 g/mol. The lowest BCUT2D eigenvalue weighted by atomic mass is 10.0. The van der Waals surface area contributed by atoms with Crippen molar-refractivity contribution in [2.75, 3.05) is 0 Å². The lowest BCUT2D eigenvalue weighted by Gasteiger charge is -2.11. The Morgan fingerprint density at radius 3 is 2.47 bits per heavy atom. The van der Waals surface area contributed by atoms with E-state index in [0.717, 1.165) is 11.3 Å². The third kappa shape index (κ3) is 2.67. The first-order chi connectivity index (χ1) is 9.00. The van der Waals surface area contributed by atoms with Gasteiger partial charge in [-0.1, -0.05) is 44.2 Å². The van der Waals surface area contributed by atoms with Crippen LogP contribution in [0.1, 0.15) is 47.1 Å². The highest BCUT2D eigenvalue weighted by molar-refractivity contribution is 5.90. The van der Waals surface area contributed by atoms with Gasteiger partial charge in [-0.25, -0.2) is 4.79 Å². The van der Waals surface area contributed by atoms with Gasteiger partial charge in [0.2, 0.25) is 0 Å². The molecule has 4 heteroatoms. The Balaban J connectivity index is 2.46. The fourth-order valence-electron chi connectivity index (χ4n) is 2.33. The number of hydrogen-bond acceptors (Lipinski definition) is 2. The first-order valence-electron chi connectivity index (χ1n) is 6.35. The van der Waals surface area contributed by atoms with Gasteiger partial charge in [-0.2, -0.15) is 5.10 Å². The van der Waals surface area contributed by atoms with Crippen molar-refractivity contribution in [2.45, 2.75) is 33.2 Å². The standard InChI is InChI=1S/C15H18N2O2/c1-10(2)14-13(15(18)19)11(3)16-17(14)9-12-7-5-4-6-8-12/h4-8,10H,9H2,1-3H3,(H,18,19). The number of aromatic nitrogens is 2. The Bertz CT molecular complexity index is 586. The Morgan fingerprint density at radius 1 is 1.32 bits per heavy atom. The van der Waals surface area contributed by atoms with Crippen molar-refractivity contribution in [3.05, 3.63) is 52.8 Å².